The lowest BCUT2D eigenvalue weighted by Crippen LogP contribution is -1.96. The van der Waals surface area contributed by atoms with Crippen LogP contribution in [-0.2, 0) is 11.3 Å². The third-order valence-electron chi connectivity index (χ3n) is 4.05. The van der Waals surface area contributed by atoms with Gasteiger partial charge in [-0.15, -0.1) is 0 Å². The minimum Gasteiger partial charge on any atom is -0.487 e. The number of rotatable bonds is 8. The monoisotopic (exact) mass is 384 g/mol. The number of aromatic amines is 1. The molecular formula is C23H20N4O2. The summed E-state index contributed by atoms with van der Waals surface area (Å²) in [5.41, 5.74) is 3.19. The third kappa shape index (κ3) is 4.99. The van der Waals surface area contributed by atoms with Crippen molar-refractivity contribution >= 4 is 6.72 Å². The Morgan fingerprint density at radius 3 is 2.76 bits per heavy atom. The molecule has 0 amide bonds. The summed E-state index contributed by atoms with van der Waals surface area (Å²) in [7, 11) is 0. The molecule has 0 unspecified atom stereocenters. The Morgan fingerprint density at radius 2 is 2.03 bits per heavy atom. The number of benzene rings is 2. The van der Waals surface area contributed by atoms with Crippen molar-refractivity contribution in [3.05, 3.63) is 90.0 Å². The minimum absolute atomic E-state index is 0.344. The number of nitrogens with one attached hydrogen (secondary N) is 1. The van der Waals surface area contributed by atoms with Gasteiger partial charge in [0.15, 0.2) is 5.75 Å². The van der Waals surface area contributed by atoms with E-state index < -0.39 is 0 Å². The van der Waals surface area contributed by atoms with E-state index in [1.807, 2.05) is 43.3 Å². The zero-order valence-electron chi connectivity index (χ0n) is 16.0. The fourth-order valence-electron chi connectivity index (χ4n) is 2.70. The highest BCUT2D eigenvalue weighted by molar-refractivity contribution is 5.69. The maximum absolute atomic E-state index is 8.93. The van der Waals surface area contributed by atoms with Crippen molar-refractivity contribution in [2.45, 2.75) is 13.5 Å². The van der Waals surface area contributed by atoms with Gasteiger partial charge in [-0.05, 0) is 49.5 Å². The van der Waals surface area contributed by atoms with E-state index in [0.29, 0.717) is 29.4 Å². The van der Waals surface area contributed by atoms with Gasteiger partial charge in [-0.1, -0.05) is 30.3 Å². The van der Waals surface area contributed by atoms with Crippen molar-refractivity contribution in [3.8, 4) is 28.8 Å². The molecule has 2 aromatic carbocycles. The number of aromatic nitrogens is 2. The maximum Gasteiger partial charge on any atom is 0.173 e. The number of H-pyrrole nitrogens is 1. The Labute approximate surface area is 169 Å². The van der Waals surface area contributed by atoms with E-state index >= 15 is 0 Å². The summed E-state index contributed by atoms with van der Waals surface area (Å²) in [5, 5.41) is 16.1. The van der Waals surface area contributed by atoms with Crippen molar-refractivity contribution in [3.63, 3.8) is 0 Å². The lowest BCUT2D eigenvalue weighted by atomic mass is 10.0. The van der Waals surface area contributed by atoms with Crippen LogP contribution in [0.3, 0.4) is 0 Å². The topological polar surface area (TPSA) is 83.3 Å². The van der Waals surface area contributed by atoms with Gasteiger partial charge in [-0.2, -0.15) is 10.4 Å². The molecule has 0 fully saturated rings. The number of allylic oxidation sites excluding steroid dienone is 2. The lowest BCUT2D eigenvalue weighted by Gasteiger charge is -2.12. The molecule has 0 aliphatic rings. The van der Waals surface area contributed by atoms with Crippen LogP contribution >= 0.6 is 0 Å². The zero-order chi connectivity index (χ0) is 20.5. The Morgan fingerprint density at radius 1 is 1.24 bits per heavy atom. The summed E-state index contributed by atoms with van der Waals surface area (Å²) in [4.78, 5) is 3.77. The number of aliphatic imine (C=N–C) groups is 1. The molecule has 0 aliphatic carbocycles. The summed E-state index contributed by atoms with van der Waals surface area (Å²) in [6.45, 7) is 5.72. The van der Waals surface area contributed by atoms with Gasteiger partial charge in [0.1, 0.15) is 23.8 Å². The Hall–Kier alpha value is -4.11. The number of nitrogens with zero attached hydrogens (tertiary/aromatic N) is 3. The highest BCUT2D eigenvalue weighted by atomic mass is 16.5. The number of ether oxygens (including phenoxy) is 2. The van der Waals surface area contributed by atoms with Gasteiger partial charge in [-0.25, -0.2) is 0 Å². The van der Waals surface area contributed by atoms with Crippen LogP contribution < -0.4 is 4.74 Å². The minimum atomic E-state index is 0.344. The first-order valence-corrected chi connectivity index (χ1v) is 8.96. The second kappa shape index (κ2) is 9.72. The molecule has 0 aliphatic heterocycles. The van der Waals surface area contributed by atoms with Gasteiger partial charge < -0.3 is 9.47 Å². The normalized spacial score (nSPS) is 11.2. The van der Waals surface area contributed by atoms with Gasteiger partial charge in [0.2, 0.25) is 0 Å². The molecule has 1 aromatic heterocycles. The highest BCUT2D eigenvalue weighted by Gasteiger charge is 2.14. The first-order valence-electron chi connectivity index (χ1n) is 8.96. The molecule has 3 rings (SSSR count). The van der Waals surface area contributed by atoms with E-state index in [1.54, 1.807) is 36.7 Å². The second-order valence-corrected chi connectivity index (χ2v) is 6.01. The van der Waals surface area contributed by atoms with Gasteiger partial charge in [-0.3, -0.25) is 10.1 Å². The quantitative estimate of drug-likeness (QED) is 0.321. The second-order valence-electron chi connectivity index (χ2n) is 6.01. The fourth-order valence-corrected chi connectivity index (χ4v) is 2.70. The van der Waals surface area contributed by atoms with Crippen LogP contribution in [0.5, 0.6) is 11.5 Å². The molecule has 0 radical (unpaired) electrons. The van der Waals surface area contributed by atoms with E-state index in [-0.39, 0.29) is 0 Å². The number of hydrogen-bond donors (Lipinski definition) is 1. The summed E-state index contributed by atoms with van der Waals surface area (Å²) in [6.07, 6.45) is 6.89. The molecule has 3 aromatic rings. The van der Waals surface area contributed by atoms with Crippen LogP contribution in [0.2, 0.25) is 0 Å². The predicted octanol–water partition coefficient (Wildman–Crippen LogP) is 5.38. The van der Waals surface area contributed by atoms with Crippen molar-refractivity contribution in [2.75, 3.05) is 0 Å². The van der Waals surface area contributed by atoms with Crippen molar-refractivity contribution in [2.24, 2.45) is 4.99 Å². The van der Waals surface area contributed by atoms with Crippen LogP contribution in [0.4, 0.5) is 0 Å². The van der Waals surface area contributed by atoms with Gasteiger partial charge in [0.25, 0.3) is 0 Å². The molecule has 6 nitrogen and oxygen atoms in total. The van der Waals surface area contributed by atoms with Crippen LogP contribution in [-0.4, -0.2) is 16.9 Å². The average Bonchev–Trinajstić information content (AvgIpc) is 3.21. The van der Waals surface area contributed by atoms with Crippen LogP contribution in [0.1, 0.15) is 18.1 Å². The number of nitriles is 1. The standard InChI is InChI=1S/C23H20N4O2/c1-3-6-20(14-25-2)28-16-18-7-4-5-8-21(18)23-22(15-26-27-23)29-19-11-9-17(13-24)10-12-19/h3-12,14-15H,2,16H2,1H3,(H,26,27)/b6-3-,20-14+. The van der Waals surface area contributed by atoms with Gasteiger partial charge in [0, 0.05) is 5.56 Å². The van der Waals surface area contributed by atoms with E-state index in [1.165, 1.54) is 0 Å². The molecule has 0 saturated heterocycles. The van der Waals surface area contributed by atoms with E-state index in [2.05, 4.69) is 28.0 Å². The molecule has 6 heteroatoms. The molecule has 0 spiro atoms. The van der Waals surface area contributed by atoms with Crippen LogP contribution in [0.15, 0.2) is 83.8 Å². The molecule has 0 bridgehead atoms. The molecule has 0 atom stereocenters. The van der Waals surface area contributed by atoms with E-state index in [0.717, 1.165) is 16.8 Å². The molecule has 1 N–H and O–H groups in total. The summed E-state index contributed by atoms with van der Waals surface area (Å²) < 4.78 is 11.8. The van der Waals surface area contributed by atoms with E-state index in [9.17, 15) is 0 Å². The highest BCUT2D eigenvalue weighted by Crippen LogP contribution is 2.33. The Kier molecular flexibility index (Phi) is 6.58. The average molecular weight is 384 g/mol. The first kappa shape index (κ1) is 19.6. The molecular weight excluding hydrogens is 364 g/mol. The Balaban J connectivity index is 1.85. The lowest BCUT2D eigenvalue weighted by molar-refractivity contribution is 0.211. The molecule has 29 heavy (non-hydrogen) atoms. The third-order valence-corrected chi connectivity index (χ3v) is 4.05. The maximum atomic E-state index is 8.93. The smallest absolute Gasteiger partial charge is 0.173 e. The van der Waals surface area contributed by atoms with Crippen LogP contribution in [0.25, 0.3) is 11.3 Å². The van der Waals surface area contributed by atoms with Crippen molar-refractivity contribution in [1.29, 1.82) is 5.26 Å². The zero-order valence-corrected chi connectivity index (χ0v) is 16.0. The number of hydrogen-bond acceptors (Lipinski definition) is 5. The Bertz CT molecular complexity index is 1070. The largest absolute Gasteiger partial charge is 0.487 e. The summed E-state index contributed by atoms with van der Waals surface area (Å²) in [6, 6.07) is 16.9. The van der Waals surface area contributed by atoms with Crippen LogP contribution in [0, 0.1) is 11.3 Å². The van der Waals surface area contributed by atoms with Gasteiger partial charge >= 0.3 is 0 Å². The van der Waals surface area contributed by atoms with Crippen molar-refractivity contribution in [1.82, 2.24) is 10.2 Å². The molecule has 0 saturated carbocycles. The summed E-state index contributed by atoms with van der Waals surface area (Å²) in [5.74, 6) is 1.82. The first-order chi connectivity index (χ1) is 14.2. The predicted molar refractivity (Wildman–Crippen MR) is 112 cm³/mol. The molecule has 1 heterocycles. The fraction of sp³-hybridized carbons (Fsp3) is 0.0870. The van der Waals surface area contributed by atoms with Gasteiger partial charge in [0.05, 0.1) is 24.0 Å². The molecule has 144 valence electrons. The SMILES string of the molecule is C=N/C=C(\C=C/C)OCc1ccccc1-c1[nH]ncc1Oc1ccc(C#N)cc1. The summed E-state index contributed by atoms with van der Waals surface area (Å²) >= 11 is 0. The van der Waals surface area contributed by atoms with Crippen molar-refractivity contribution < 1.29 is 9.47 Å². The van der Waals surface area contributed by atoms with E-state index in [4.69, 9.17) is 14.7 Å².